The molecule has 2 atom stereocenters. The van der Waals surface area contributed by atoms with Gasteiger partial charge in [-0.1, -0.05) is 0 Å². The van der Waals surface area contributed by atoms with Crippen LogP contribution in [0.5, 0.6) is 0 Å². The Bertz CT molecular complexity index is 356. The Morgan fingerprint density at radius 2 is 2.41 bits per heavy atom. The van der Waals surface area contributed by atoms with Crippen LogP contribution in [0, 0.1) is 6.92 Å². The molecule has 2 N–H and O–H groups in total. The minimum Gasteiger partial charge on any atom is -0.377 e. The fraction of sp³-hybridized carbons (Fsp3) is 0.769. The average Bonchev–Trinajstić information content (AvgIpc) is 2.70. The molecule has 1 aromatic rings. The summed E-state index contributed by atoms with van der Waals surface area (Å²) in [6.07, 6.45) is 4.60. The third-order valence-corrected chi connectivity index (χ3v) is 3.42. The van der Waals surface area contributed by atoms with E-state index in [1.54, 1.807) is 0 Å². The Labute approximate surface area is 103 Å². The summed E-state index contributed by atoms with van der Waals surface area (Å²) in [6, 6.07) is 2.23. The molecule has 4 nitrogen and oxygen atoms in total. The standard InChI is InChI=1S/C13H23N3O/c1-3-16-11(8-10(2)15-16)9-12(14)13-6-4-5-7-17-13/h8,12-13H,3-7,9,14H2,1-2H3. The Balaban J connectivity index is 1.98. The van der Waals surface area contributed by atoms with E-state index in [-0.39, 0.29) is 12.1 Å². The number of rotatable bonds is 4. The van der Waals surface area contributed by atoms with Crippen molar-refractivity contribution in [1.82, 2.24) is 9.78 Å². The van der Waals surface area contributed by atoms with E-state index in [0.29, 0.717) is 0 Å². The number of nitrogens with zero attached hydrogens (tertiary/aromatic N) is 2. The summed E-state index contributed by atoms with van der Waals surface area (Å²) >= 11 is 0. The van der Waals surface area contributed by atoms with Gasteiger partial charge in [0.25, 0.3) is 0 Å². The molecule has 96 valence electrons. The monoisotopic (exact) mass is 237 g/mol. The molecule has 1 fully saturated rings. The minimum absolute atomic E-state index is 0.0942. The molecule has 2 rings (SSSR count). The average molecular weight is 237 g/mol. The highest BCUT2D eigenvalue weighted by Crippen LogP contribution is 2.17. The van der Waals surface area contributed by atoms with E-state index < -0.39 is 0 Å². The van der Waals surface area contributed by atoms with E-state index in [0.717, 1.165) is 31.7 Å². The van der Waals surface area contributed by atoms with Crippen LogP contribution in [0.1, 0.15) is 37.6 Å². The van der Waals surface area contributed by atoms with Crippen LogP contribution in [-0.2, 0) is 17.7 Å². The van der Waals surface area contributed by atoms with Gasteiger partial charge in [0.15, 0.2) is 0 Å². The molecule has 0 bridgehead atoms. The van der Waals surface area contributed by atoms with Crippen molar-refractivity contribution < 1.29 is 4.74 Å². The fourth-order valence-corrected chi connectivity index (χ4v) is 2.51. The number of aromatic nitrogens is 2. The van der Waals surface area contributed by atoms with E-state index in [4.69, 9.17) is 10.5 Å². The molecule has 1 aromatic heterocycles. The lowest BCUT2D eigenvalue weighted by atomic mass is 9.99. The number of hydrogen-bond donors (Lipinski definition) is 1. The van der Waals surface area contributed by atoms with E-state index in [9.17, 15) is 0 Å². The van der Waals surface area contributed by atoms with Crippen molar-refractivity contribution in [3.05, 3.63) is 17.5 Å². The van der Waals surface area contributed by atoms with Crippen molar-refractivity contribution in [2.24, 2.45) is 5.73 Å². The van der Waals surface area contributed by atoms with Crippen molar-refractivity contribution in [1.29, 1.82) is 0 Å². The van der Waals surface area contributed by atoms with Gasteiger partial charge in [0.1, 0.15) is 0 Å². The lowest BCUT2D eigenvalue weighted by Gasteiger charge is -2.28. The van der Waals surface area contributed by atoms with Crippen LogP contribution in [0.2, 0.25) is 0 Å². The summed E-state index contributed by atoms with van der Waals surface area (Å²) in [5.41, 5.74) is 8.54. The normalized spacial score (nSPS) is 22.6. The van der Waals surface area contributed by atoms with Gasteiger partial charge in [0, 0.05) is 31.3 Å². The van der Waals surface area contributed by atoms with Crippen LogP contribution in [0.15, 0.2) is 6.07 Å². The maximum Gasteiger partial charge on any atom is 0.0729 e. The molecule has 1 aliphatic rings. The minimum atomic E-state index is 0.0942. The zero-order valence-electron chi connectivity index (χ0n) is 10.9. The molecule has 0 radical (unpaired) electrons. The second-order valence-corrected chi connectivity index (χ2v) is 4.87. The van der Waals surface area contributed by atoms with Gasteiger partial charge in [0.2, 0.25) is 0 Å². The van der Waals surface area contributed by atoms with Gasteiger partial charge in [-0.05, 0) is 39.2 Å². The lowest BCUT2D eigenvalue weighted by molar-refractivity contribution is 0.000301. The number of aryl methyl sites for hydroxylation is 2. The summed E-state index contributed by atoms with van der Waals surface area (Å²) in [6.45, 7) is 5.91. The van der Waals surface area contributed by atoms with Gasteiger partial charge in [-0.2, -0.15) is 5.10 Å². The topological polar surface area (TPSA) is 53.1 Å². The Hall–Kier alpha value is -0.870. The van der Waals surface area contributed by atoms with Crippen LogP contribution in [0.3, 0.4) is 0 Å². The Morgan fingerprint density at radius 3 is 3.06 bits per heavy atom. The van der Waals surface area contributed by atoms with Crippen LogP contribution in [-0.4, -0.2) is 28.5 Å². The van der Waals surface area contributed by atoms with E-state index >= 15 is 0 Å². The maximum atomic E-state index is 6.25. The van der Waals surface area contributed by atoms with Gasteiger partial charge >= 0.3 is 0 Å². The summed E-state index contributed by atoms with van der Waals surface area (Å²) < 4.78 is 7.78. The van der Waals surface area contributed by atoms with Crippen molar-refractivity contribution in [2.75, 3.05) is 6.61 Å². The fourth-order valence-electron chi connectivity index (χ4n) is 2.51. The van der Waals surface area contributed by atoms with Gasteiger partial charge in [-0.15, -0.1) is 0 Å². The van der Waals surface area contributed by atoms with Gasteiger partial charge in [0.05, 0.1) is 11.8 Å². The summed E-state index contributed by atoms with van der Waals surface area (Å²) in [5, 5.41) is 4.45. The van der Waals surface area contributed by atoms with E-state index in [2.05, 4.69) is 18.1 Å². The largest absolute Gasteiger partial charge is 0.377 e. The van der Waals surface area contributed by atoms with Crippen molar-refractivity contribution in [2.45, 2.75) is 58.2 Å². The highest BCUT2D eigenvalue weighted by atomic mass is 16.5. The summed E-state index contributed by atoms with van der Waals surface area (Å²) in [5.74, 6) is 0. The molecule has 0 spiro atoms. The van der Waals surface area contributed by atoms with Crippen LogP contribution < -0.4 is 5.73 Å². The summed E-state index contributed by atoms with van der Waals surface area (Å²) in [7, 11) is 0. The van der Waals surface area contributed by atoms with Gasteiger partial charge < -0.3 is 10.5 Å². The smallest absolute Gasteiger partial charge is 0.0729 e. The molecule has 0 saturated carbocycles. The summed E-state index contributed by atoms with van der Waals surface area (Å²) in [4.78, 5) is 0. The molecule has 1 saturated heterocycles. The maximum absolute atomic E-state index is 6.25. The zero-order chi connectivity index (χ0) is 12.3. The molecule has 0 amide bonds. The molecule has 0 aliphatic carbocycles. The Morgan fingerprint density at radius 1 is 1.59 bits per heavy atom. The van der Waals surface area contributed by atoms with E-state index in [1.165, 1.54) is 18.5 Å². The van der Waals surface area contributed by atoms with Gasteiger partial charge in [-0.25, -0.2) is 0 Å². The number of ether oxygens (including phenoxy) is 1. The molecular weight excluding hydrogens is 214 g/mol. The molecule has 2 unspecified atom stereocenters. The van der Waals surface area contributed by atoms with Crippen molar-refractivity contribution in [3.63, 3.8) is 0 Å². The third kappa shape index (κ3) is 3.07. The lowest BCUT2D eigenvalue weighted by Crippen LogP contribution is -2.40. The van der Waals surface area contributed by atoms with Gasteiger partial charge in [-0.3, -0.25) is 4.68 Å². The third-order valence-electron chi connectivity index (χ3n) is 3.42. The molecule has 2 heterocycles. The highest BCUT2D eigenvalue weighted by molar-refractivity contribution is 5.11. The first-order chi connectivity index (χ1) is 8.20. The quantitative estimate of drug-likeness (QED) is 0.866. The number of hydrogen-bond acceptors (Lipinski definition) is 3. The predicted octanol–water partition coefficient (Wildman–Crippen LogP) is 1.65. The van der Waals surface area contributed by atoms with Crippen LogP contribution >= 0.6 is 0 Å². The van der Waals surface area contributed by atoms with Crippen molar-refractivity contribution >= 4 is 0 Å². The molecule has 17 heavy (non-hydrogen) atoms. The SMILES string of the molecule is CCn1nc(C)cc1CC(N)C1CCCCO1. The molecule has 1 aliphatic heterocycles. The first kappa shape index (κ1) is 12.6. The molecule has 4 heteroatoms. The molecule has 0 aromatic carbocycles. The first-order valence-corrected chi connectivity index (χ1v) is 6.61. The zero-order valence-corrected chi connectivity index (χ0v) is 10.9. The van der Waals surface area contributed by atoms with Crippen LogP contribution in [0.4, 0.5) is 0 Å². The van der Waals surface area contributed by atoms with Crippen LogP contribution in [0.25, 0.3) is 0 Å². The highest BCUT2D eigenvalue weighted by Gasteiger charge is 2.22. The number of nitrogens with two attached hydrogens (primary N) is 1. The second-order valence-electron chi connectivity index (χ2n) is 4.87. The molecular formula is C13H23N3O. The van der Waals surface area contributed by atoms with Crippen molar-refractivity contribution in [3.8, 4) is 0 Å². The van der Waals surface area contributed by atoms with E-state index in [1.807, 2.05) is 11.6 Å². The predicted molar refractivity (Wildman–Crippen MR) is 67.9 cm³/mol. The first-order valence-electron chi connectivity index (χ1n) is 6.61. The second kappa shape index (κ2) is 5.65. The Kier molecular flexibility index (Phi) is 4.18.